The number of aromatic nitrogens is 6. The Morgan fingerprint density at radius 3 is 2.35 bits per heavy atom. The number of aliphatic hydroxyl groups is 1. The Morgan fingerprint density at radius 1 is 1.00 bits per heavy atom. The Morgan fingerprint density at radius 2 is 1.71 bits per heavy atom. The van der Waals surface area contributed by atoms with Gasteiger partial charge in [-0.25, -0.2) is 32.5 Å². The smallest absolute Gasteiger partial charge is 0.350 e. The fourth-order valence-electron chi connectivity index (χ4n) is 6.94. The molecule has 3 aromatic carbocycles. The summed E-state index contributed by atoms with van der Waals surface area (Å²) in [5.41, 5.74) is -0.541. The van der Waals surface area contributed by atoms with E-state index in [9.17, 15) is 14.3 Å². The van der Waals surface area contributed by atoms with Crippen molar-refractivity contribution in [3.05, 3.63) is 113 Å². The molecule has 0 saturated carbocycles. The molecule has 0 aliphatic carbocycles. The summed E-state index contributed by atoms with van der Waals surface area (Å²) in [7, 11) is 0. The topological polar surface area (TPSA) is 116 Å². The molecular formula is C37H42F2N8O4. The van der Waals surface area contributed by atoms with Crippen LogP contribution in [0.15, 0.2) is 90.4 Å². The maximum absolute atomic E-state index is 15.0. The molecule has 14 heteroatoms. The summed E-state index contributed by atoms with van der Waals surface area (Å²) in [5, 5.41) is 18.4. The van der Waals surface area contributed by atoms with Crippen LogP contribution >= 0.6 is 0 Å². The van der Waals surface area contributed by atoms with Gasteiger partial charge in [0.15, 0.2) is 0 Å². The van der Waals surface area contributed by atoms with E-state index >= 15 is 4.39 Å². The molecule has 0 spiro atoms. The molecule has 1 N–H and O–H groups in total. The van der Waals surface area contributed by atoms with Crippen molar-refractivity contribution >= 4 is 11.4 Å². The van der Waals surface area contributed by atoms with Crippen molar-refractivity contribution in [2.45, 2.75) is 51.0 Å². The highest BCUT2D eigenvalue weighted by Crippen LogP contribution is 2.42. The summed E-state index contributed by atoms with van der Waals surface area (Å²) in [6, 6.07) is 9.32. The Labute approximate surface area is 300 Å². The molecule has 2 aromatic heterocycles. The first-order chi connectivity index (χ1) is 26.4. The Kier molecular flexibility index (Phi) is 8.51. The van der Waals surface area contributed by atoms with Gasteiger partial charge < -0.3 is 24.4 Å². The first-order valence-electron chi connectivity index (χ1n) is 19.0. The molecule has 2 aliphatic rings. The highest BCUT2D eigenvalue weighted by molar-refractivity contribution is 5.54. The van der Waals surface area contributed by atoms with Gasteiger partial charge in [0.25, 0.3) is 0 Å². The van der Waals surface area contributed by atoms with Gasteiger partial charge in [0, 0.05) is 55.1 Å². The SMILES string of the molecule is [2H]c1c([2H])c(-n2cnn([C@@H](CC)[C@H](C)O)c2=O)c([2H])c([2H])c1N1CCN(c2ccc(OCC3COC(Cn4cncn4)(c4ccc(F)cc4F)C3)cc2)CC1. The number of benzene rings is 3. The Bertz CT molecular complexity index is 2170. The van der Waals surface area contributed by atoms with Crippen LogP contribution in [0.1, 0.15) is 43.8 Å². The monoisotopic (exact) mass is 704 g/mol. The lowest BCUT2D eigenvalue weighted by molar-refractivity contribution is -0.0206. The lowest BCUT2D eigenvalue weighted by atomic mass is 9.87. The van der Waals surface area contributed by atoms with Crippen LogP contribution in [-0.2, 0) is 16.9 Å². The van der Waals surface area contributed by atoms with Gasteiger partial charge in [-0.15, -0.1) is 0 Å². The van der Waals surface area contributed by atoms with Crippen LogP contribution in [0.5, 0.6) is 5.75 Å². The van der Waals surface area contributed by atoms with E-state index in [0.29, 0.717) is 58.0 Å². The van der Waals surface area contributed by atoms with E-state index in [1.807, 2.05) is 36.1 Å². The molecule has 2 saturated heterocycles. The molecule has 268 valence electrons. The van der Waals surface area contributed by atoms with Gasteiger partial charge in [0.2, 0.25) is 0 Å². The molecule has 2 aliphatic heterocycles. The number of anilines is 2. The predicted octanol–water partition coefficient (Wildman–Crippen LogP) is 4.57. The van der Waals surface area contributed by atoms with Gasteiger partial charge >= 0.3 is 5.69 Å². The third kappa shape index (κ3) is 7.24. The van der Waals surface area contributed by atoms with Crippen LogP contribution < -0.4 is 20.2 Å². The number of aliphatic hydroxyl groups excluding tert-OH is 1. The molecule has 2 unspecified atom stereocenters. The minimum Gasteiger partial charge on any atom is -0.493 e. The Hall–Kier alpha value is -5.08. The van der Waals surface area contributed by atoms with Gasteiger partial charge in [-0.2, -0.15) is 10.2 Å². The van der Waals surface area contributed by atoms with E-state index in [4.69, 9.17) is 15.0 Å². The second kappa shape index (κ2) is 14.6. The number of piperazine rings is 1. The van der Waals surface area contributed by atoms with Crippen LogP contribution in [0.25, 0.3) is 5.69 Å². The van der Waals surface area contributed by atoms with Crippen LogP contribution in [-0.4, -0.2) is 79.7 Å². The highest BCUT2D eigenvalue weighted by Gasteiger charge is 2.44. The summed E-state index contributed by atoms with van der Waals surface area (Å²) in [6.07, 6.45) is 4.09. The lowest BCUT2D eigenvalue weighted by Crippen LogP contribution is -2.46. The van der Waals surface area contributed by atoms with E-state index in [1.165, 1.54) is 31.1 Å². The fourth-order valence-corrected chi connectivity index (χ4v) is 6.94. The van der Waals surface area contributed by atoms with Crippen molar-refractivity contribution in [2.24, 2.45) is 5.92 Å². The van der Waals surface area contributed by atoms with Crippen molar-refractivity contribution < 1.29 is 28.8 Å². The average molecular weight is 705 g/mol. The molecule has 0 bridgehead atoms. The van der Waals surface area contributed by atoms with E-state index in [2.05, 4.69) is 20.1 Å². The molecular weight excluding hydrogens is 658 g/mol. The minimum atomic E-state index is -1.07. The number of hydrogen-bond acceptors (Lipinski definition) is 9. The molecule has 4 heterocycles. The quantitative estimate of drug-likeness (QED) is 0.200. The number of hydrogen-bond donors (Lipinski definition) is 1. The summed E-state index contributed by atoms with van der Waals surface area (Å²) in [6.45, 7) is 6.18. The zero-order valence-corrected chi connectivity index (χ0v) is 28.4. The van der Waals surface area contributed by atoms with E-state index < -0.39 is 35.1 Å². The Balaban J connectivity index is 0.985. The third-order valence-electron chi connectivity index (χ3n) is 9.63. The molecule has 0 radical (unpaired) electrons. The van der Waals surface area contributed by atoms with Crippen LogP contribution in [0.2, 0.25) is 0 Å². The molecule has 51 heavy (non-hydrogen) atoms. The molecule has 5 aromatic rings. The zero-order valence-electron chi connectivity index (χ0n) is 32.4. The van der Waals surface area contributed by atoms with Gasteiger partial charge in [0.05, 0.1) is 43.1 Å². The second-order valence-corrected chi connectivity index (χ2v) is 13.0. The molecule has 2 fully saturated rings. The van der Waals surface area contributed by atoms with Crippen molar-refractivity contribution in [1.82, 2.24) is 29.1 Å². The van der Waals surface area contributed by atoms with E-state index in [0.717, 1.165) is 21.0 Å². The van der Waals surface area contributed by atoms with Gasteiger partial charge in [-0.1, -0.05) is 13.0 Å². The summed E-state index contributed by atoms with van der Waals surface area (Å²) in [4.78, 5) is 21.2. The average Bonchev–Trinajstić information content (AvgIpc) is 3.93. The highest BCUT2D eigenvalue weighted by atomic mass is 19.1. The maximum atomic E-state index is 15.0. The van der Waals surface area contributed by atoms with E-state index in [1.54, 1.807) is 11.6 Å². The standard InChI is InChI=1S/C37H42F2N8O4/c1-3-35(26(2)48)47-36(49)46(25-42-47)31-7-5-29(6-8-31)43-14-16-44(17-15-43)30-9-11-32(12-10-30)50-20-27-19-37(51-21-27,22-45-24-40-23-41-45)33-13-4-28(38)18-34(33)39/h4-13,18,23-27,35,48H,3,14-17,19-22H2,1-2H3/t26-,27?,35-,37?/m0/s1/i5D,6D,7D,8D. The summed E-state index contributed by atoms with van der Waals surface area (Å²) in [5.74, 6) is -0.778. The van der Waals surface area contributed by atoms with Gasteiger partial charge in [-0.3, -0.25) is 0 Å². The molecule has 4 atom stereocenters. The first kappa shape index (κ1) is 29.6. The van der Waals surface area contributed by atoms with Crippen LogP contribution in [0, 0.1) is 17.6 Å². The molecule has 7 rings (SSSR count). The maximum Gasteiger partial charge on any atom is 0.350 e. The fraction of sp³-hybridized carbons (Fsp3) is 0.405. The normalized spacial score (nSPS) is 21.5. The van der Waals surface area contributed by atoms with Crippen molar-refractivity contribution in [1.29, 1.82) is 0 Å². The molecule has 12 nitrogen and oxygen atoms in total. The third-order valence-corrected chi connectivity index (χ3v) is 9.63. The van der Waals surface area contributed by atoms with Crippen LogP contribution in [0.3, 0.4) is 0 Å². The van der Waals surface area contributed by atoms with E-state index in [-0.39, 0.29) is 53.6 Å². The lowest BCUT2D eigenvalue weighted by Gasteiger charge is -2.37. The van der Waals surface area contributed by atoms with Gasteiger partial charge in [0.1, 0.15) is 42.0 Å². The van der Waals surface area contributed by atoms with Crippen LogP contribution in [0.4, 0.5) is 20.2 Å². The number of nitrogens with zero attached hydrogens (tertiary/aromatic N) is 8. The van der Waals surface area contributed by atoms with Gasteiger partial charge in [-0.05, 0) is 74.3 Å². The first-order valence-corrected chi connectivity index (χ1v) is 17.0. The minimum absolute atomic E-state index is 0.0747. The summed E-state index contributed by atoms with van der Waals surface area (Å²) >= 11 is 0. The second-order valence-electron chi connectivity index (χ2n) is 13.0. The summed E-state index contributed by atoms with van der Waals surface area (Å²) < 4.78 is 79.9. The number of rotatable bonds is 12. The largest absolute Gasteiger partial charge is 0.493 e. The van der Waals surface area contributed by atoms with Crippen molar-refractivity contribution in [3.8, 4) is 11.4 Å². The zero-order chi connectivity index (χ0) is 39.0. The molecule has 0 amide bonds. The van der Waals surface area contributed by atoms with Crippen molar-refractivity contribution in [2.75, 3.05) is 49.2 Å². The number of ether oxygens (including phenoxy) is 2. The number of halogens is 2. The predicted molar refractivity (Wildman–Crippen MR) is 187 cm³/mol. The van der Waals surface area contributed by atoms with Crippen molar-refractivity contribution in [3.63, 3.8) is 0 Å².